The summed E-state index contributed by atoms with van der Waals surface area (Å²) in [5.74, 6) is -2.29. The van der Waals surface area contributed by atoms with E-state index in [1.807, 2.05) is 0 Å². The van der Waals surface area contributed by atoms with E-state index in [-0.39, 0.29) is 5.56 Å². The molecule has 2 rings (SSSR count). The van der Waals surface area contributed by atoms with Crippen molar-refractivity contribution in [3.05, 3.63) is 35.8 Å². The van der Waals surface area contributed by atoms with Crippen molar-refractivity contribution in [3.63, 3.8) is 0 Å². The molecule has 1 heterocycles. The molecule has 92 valence electrons. The molecular formula is C10H8FN5OS. The summed E-state index contributed by atoms with van der Waals surface area (Å²) in [6, 6.07) is 4.90. The molecule has 1 aromatic carbocycles. The molecule has 0 aliphatic rings. The fourth-order valence-electron chi connectivity index (χ4n) is 1.31. The van der Waals surface area contributed by atoms with Crippen molar-refractivity contribution < 1.29 is 9.18 Å². The van der Waals surface area contributed by atoms with Gasteiger partial charge in [-0.15, -0.1) is 5.10 Å². The zero-order valence-electron chi connectivity index (χ0n) is 8.98. The van der Waals surface area contributed by atoms with Gasteiger partial charge in [0.2, 0.25) is 0 Å². The van der Waals surface area contributed by atoms with Crippen molar-refractivity contribution in [1.29, 1.82) is 5.41 Å². The summed E-state index contributed by atoms with van der Waals surface area (Å²) in [7, 11) is 0. The number of hydrogen-bond donors (Lipinski definition) is 3. The molecule has 0 spiro atoms. The van der Waals surface area contributed by atoms with Gasteiger partial charge in [-0.05, 0) is 23.7 Å². The van der Waals surface area contributed by atoms with Gasteiger partial charge in [0.25, 0.3) is 5.91 Å². The van der Waals surface area contributed by atoms with Crippen LogP contribution in [-0.2, 0) is 0 Å². The van der Waals surface area contributed by atoms with Crippen LogP contribution in [-0.4, -0.2) is 21.3 Å². The standard InChI is InChI=1S/C10H8FN5OS/c11-6(4-12)9(13)14-10(17)5-2-1-3-7-8(5)18-16-15-7/h1-4H,12H2,(H2,13,14,17). The summed E-state index contributed by atoms with van der Waals surface area (Å²) in [4.78, 5) is 11.9. The highest BCUT2D eigenvalue weighted by Gasteiger charge is 2.15. The van der Waals surface area contributed by atoms with E-state index in [0.29, 0.717) is 16.4 Å². The number of amides is 1. The SMILES string of the molecule is N=C(NC(=O)c1cccc2nnsc12)C(F)=CN. The molecule has 4 N–H and O–H groups in total. The molecular weight excluding hydrogens is 257 g/mol. The predicted octanol–water partition coefficient (Wildman–Crippen LogP) is 1.17. The first-order valence-electron chi connectivity index (χ1n) is 4.82. The second-order valence-corrected chi connectivity index (χ2v) is 4.02. The first kappa shape index (κ1) is 12.1. The van der Waals surface area contributed by atoms with Crippen LogP contribution >= 0.6 is 11.5 Å². The summed E-state index contributed by atoms with van der Waals surface area (Å²) in [6.07, 6.45) is 0.609. The van der Waals surface area contributed by atoms with E-state index in [1.54, 1.807) is 18.2 Å². The molecule has 0 aliphatic heterocycles. The molecule has 1 aromatic heterocycles. The minimum atomic E-state index is -1.00. The van der Waals surface area contributed by atoms with Crippen LogP contribution in [0.5, 0.6) is 0 Å². The first-order chi connectivity index (χ1) is 8.63. The number of nitrogens with one attached hydrogen (secondary N) is 2. The van der Waals surface area contributed by atoms with Crippen molar-refractivity contribution >= 4 is 33.5 Å². The smallest absolute Gasteiger partial charge is 0.258 e. The Kier molecular flexibility index (Phi) is 3.28. The Morgan fingerprint density at radius 3 is 3.06 bits per heavy atom. The average Bonchev–Trinajstić information content (AvgIpc) is 2.85. The quantitative estimate of drug-likeness (QED) is 0.560. The van der Waals surface area contributed by atoms with Gasteiger partial charge in [-0.3, -0.25) is 10.2 Å². The largest absolute Gasteiger partial charge is 0.402 e. The molecule has 0 unspecified atom stereocenters. The zero-order chi connectivity index (χ0) is 13.1. The highest BCUT2D eigenvalue weighted by atomic mass is 32.1. The Morgan fingerprint density at radius 1 is 1.56 bits per heavy atom. The summed E-state index contributed by atoms with van der Waals surface area (Å²) in [6.45, 7) is 0. The van der Waals surface area contributed by atoms with E-state index in [0.717, 1.165) is 11.5 Å². The Morgan fingerprint density at radius 2 is 2.33 bits per heavy atom. The maximum absolute atomic E-state index is 12.9. The van der Waals surface area contributed by atoms with E-state index in [9.17, 15) is 9.18 Å². The number of aromatic nitrogens is 2. The Bertz CT molecular complexity index is 651. The number of hydrogen-bond acceptors (Lipinski definition) is 6. The first-order valence-corrected chi connectivity index (χ1v) is 5.59. The van der Waals surface area contributed by atoms with Gasteiger partial charge in [0, 0.05) is 6.20 Å². The fraction of sp³-hybridized carbons (Fsp3) is 0. The van der Waals surface area contributed by atoms with E-state index in [2.05, 4.69) is 14.9 Å². The zero-order valence-corrected chi connectivity index (χ0v) is 9.79. The highest BCUT2D eigenvalue weighted by Crippen LogP contribution is 2.20. The lowest BCUT2D eigenvalue weighted by atomic mass is 10.2. The molecule has 6 nitrogen and oxygen atoms in total. The number of nitrogens with zero attached hydrogens (tertiary/aromatic N) is 2. The number of fused-ring (bicyclic) bond motifs is 1. The van der Waals surface area contributed by atoms with Gasteiger partial charge in [-0.2, -0.15) is 0 Å². The summed E-state index contributed by atoms with van der Waals surface area (Å²) in [5, 5.41) is 13.2. The second-order valence-electron chi connectivity index (χ2n) is 3.27. The fourth-order valence-corrected chi connectivity index (χ4v) is 1.98. The lowest BCUT2D eigenvalue weighted by molar-refractivity contribution is 0.0978. The molecule has 8 heteroatoms. The highest BCUT2D eigenvalue weighted by molar-refractivity contribution is 7.13. The van der Waals surface area contributed by atoms with Crippen LogP contribution in [0.2, 0.25) is 0 Å². The van der Waals surface area contributed by atoms with Gasteiger partial charge in [0.1, 0.15) is 5.52 Å². The van der Waals surface area contributed by atoms with Crippen LogP contribution < -0.4 is 11.1 Å². The average molecular weight is 265 g/mol. The summed E-state index contributed by atoms with van der Waals surface area (Å²) < 4.78 is 17.2. The lowest BCUT2D eigenvalue weighted by Gasteiger charge is -2.04. The monoisotopic (exact) mass is 265 g/mol. The van der Waals surface area contributed by atoms with Gasteiger partial charge in [0.05, 0.1) is 10.3 Å². The van der Waals surface area contributed by atoms with Crippen LogP contribution in [0.1, 0.15) is 10.4 Å². The van der Waals surface area contributed by atoms with E-state index < -0.39 is 17.6 Å². The van der Waals surface area contributed by atoms with Crippen LogP contribution in [0.4, 0.5) is 4.39 Å². The van der Waals surface area contributed by atoms with Crippen LogP contribution in [0, 0.1) is 5.41 Å². The van der Waals surface area contributed by atoms with Gasteiger partial charge in [-0.1, -0.05) is 10.6 Å². The van der Waals surface area contributed by atoms with Crippen molar-refractivity contribution in [2.75, 3.05) is 0 Å². The third kappa shape index (κ3) is 2.18. The molecule has 0 fully saturated rings. The molecule has 18 heavy (non-hydrogen) atoms. The normalized spacial score (nSPS) is 11.5. The molecule has 0 radical (unpaired) electrons. The topological polar surface area (TPSA) is 105 Å². The minimum Gasteiger partial charge on any atom is -0.402 e. The third-order valence-electron chi connectivity index (χ3n) is 2.14. The van der Waals surface area contributed by atoms with E-state index in [1.165, 1.54) is 0 Å². The maximum atomic E-state index is 12.9. The molecule has 0 saturated heterocycles. The van der Waals surface area contributed by atoms with Crippen molar-refractivity contribution in [2.45, 2.75) is 0 Å². The van der Waals surface area contributed by atoms with Crippen molar-refractivity contribution in [1.82, 2.24) is 14.9 Å². The van der Waals surface area contributed by atoms with Gasteiger partial charge >= 0.3 is 0 Å². The second kappa shape index (κ2) is 4.88. The predicted molar refractivity (Wildman–Crippen MR) is 66.0 cm³/mol. The molecule has 0 bridgehead atoms. The molecule has 2 aromatic rings. The molecule has 0 aliphatic carbocycles. The Balaban J connectivity index is 2.29. The molecule has 0 saturated carbocycles. The molecule has 1 amide bonds. The summed E-state index contributed by atoms with van der Waals surface area (Å²) >= 11 is 1.06. The number of halogens is 1. The Labute approximate surface area is 105 Å². The van der Waals surface area contributed by atoms with Crippen LogP contribution in [0.15, 0.2) is 30.2 Å². The van der Waals surface area contributed by atoms with Crippen LogP contribution in [0.25, 0.3) is 10.2 Å². The number of nitrogens with two attached hydrogens (primary N) is 1. The van der Waals surface area contributed by atoms with Gasteiger partial charge in [0.15, 0.2) is 11.7 Å². The number of carbonyl (C=O) groups is 1. The van der Waals surface area contributed by atoms with Gasteiger partial charge < -0.3 is 11.1 Å². The van der Waals surface area contributed by atoms with Gasteiger partial charge in [-0.25, -0.2) is 4.39 Å². The maximum Gasteiger partial charge on any atom is 0.258 e. The van der Waals surface area contributed by atoms with Crippen molar-refractivity contribution in [3.8, 4) is 0 Å². The van der Waals surface area contributed by atoms with E-state index in [4.69, 9.17) is 11.1 Å². The number of rotatable bonds is 2. The summed E-state index contributed by atoms with van der Waals surface area (Å²) in [5.41, 5.74) is 5.78. The Hall–Kier alpha value is -2.35. The third-order valence-corrected chi connectivity index (χ3v) is 2.92. The minimum absolute atomic E-state index is 0.289. The number of carbonyl (C=O) groups excluding carboxylic acids is 1. The van der Waals surface area contributed by atoms with Crippen LogP contribution in [0.3, 0.4) is 0 Å². The number of amidine groups is 1. The van der Waals surface area contributed by atoms with Crippen molar-refractivity contribution in [2.24, 2.45) is 5.73 Å². The van der Waals surface area contributed by atoms with E-state index >= 15 is 0 Å². The lowest BCUT2D eigenvalue weighted by Crippen LogP contribution is -2.30. The molecule has 0 atom stereocenters. The number of benzene rings is 1.